The summed E-state index contributed by atoms with van der Waals surface area (Å²) >= 11 is 0. The van der Waals surface area contributed by atoms with Crippen molar-refractivity contribution in [3.63, 3.8) is 0 Å². The van der Waals surface area contributed by atoms with Gasteiger partial charge in [0.2, 0.25) is 0 Å². The first-order chi connectivity index (χ1) is 10.9. The summed E-state index contributed by atoms with van der Waals surface area (Å²) in [6.07, 6.45) is -3.69. The van der Waals surface area contributed by atoms with Crippen LogP contribution in [-0.4, -0.2) is 15.9 Å². The molecule has 3 aromatic rings. The summed E-state index contributed by atoms with van der Waals surface area (Å²) in [7, 11) is 0. The average Bonchev–Trinajstić information content (AvgIpc) is 2.50. The normalized spacial score (nSPS) is 11.6. The van der Waals surface area contributed by atoms with E-state index in [4.69, 9.17) is 0 Å². The third-order valence-electron chi connectivity index (χ3n) is 3.23. The van der Waals surface area contributed by atoms with Gasteiger partial charge in [0, 0.05) is 6.07 Å². The number of nitrogens with zero attached hydrogens (tertiary/aromatic N) is 2. The van der Waals surface area contributed by atoms with E-state index < -0.39 is 6.36 Å². The summed E-state index contributed by atoms with van der Waals surface area (Å²) < 4.78 is 42.1. The lowest BCUT2D eigenvalue weighted by Crippen LogP contribution is -2.21. The number of alkyl halides is 3. The number of aromatic nitrogens is 2. The van der Waals surface area contributed by atoms with Gasteiger partial charge in [0.25, 0.3) is 5.56 Å². The lowest BCUT2D eigenvalue weighted by atomic mass is 10.2. The number of halogens is 3. The summed E-state index contributed by atoms with van der Waals surface area (Å²) in [6, 6.07) is 13.0. The molecule has 0 saturated carbocycles. The van der Waals surface area contributed by atoms with Crippen molar-refractivity contribution >= 4 is 11.0 Å². The number of benzene rings is 2. The second-order valence-electron chi connectivity index (χ2n) is 4.87. The van der Waals surface area contributed by atoms with Crippen molar-refractivity contribution in [1.82, 2.24) is 9.55 Å². The molecule has 0 fully saturated rings. The number of rotatable bonds is 3. The molecular weight excluding hydrogens is 309 g/mol. The van der Waals surface area contributed by atoms with Crippen molar-refractivity contribution in [2.45, 2.75) is 12.9 Å². The Kier molecular flexibility index (Phi) is 3.77. The molecule has 1 aromatic heterocycles. The maximum absolute atomic E-state index is 12.3. The van der Waals surface area contributed by atoms with Crippen LogP contribution in [0, 0.1) is 0 Å². The highest BCUT2D eigenvalue weighted by Crippen LogP contribution is 2.25. The maximum atomic E-state index is 12.3. The van der Waals surface area contributed by atoms with Gasteiger partial charge in [-0.3, -0.25) is 4.79 Å². The molecule has 0 saturated heterocycles. The van der Waals surface area contributed by atoms with E-state index in [-0.39, 0.29) is 16.8 Å². The standard InChI is InChI=1S/C16H11F3N2O2/c17-16(18,19)23-12-6-7-14-13(8-12)20-9-15(22)21(14)10-11-4-2-1-3-5-11/h1-9H,10H2. The maximum Gasteiger partial charge on any atom is 0.573 e. The zero-order valence-corrected chi connectivity index (χ0v) is 11.7. The van der Waals surface area contributed by atoms with Crippen molar-refractivity contribution in [3.05, 3.63) is 70.6 Å². The molecule has 7 heteroatoms. The Hall–Kier alpha value is -2.83. The Morgan fingerprint density at radius 1 is 1.09 bits per heavy atom. The highest BCUT2D eigenvalue weighted by molar-refractivity contribution is 5.76. The van der Waals surface area contributed by atoms with E-state index >= 15 is 0 Å². The smallest absolute Gasteiger partial charge is 0.406 e. The van der Waals surface area contributed by atoms with Gasteiger partial charge in [-0.2, -0.15) is 0 Å². The molecule has 0 bridgehead atoms. The molecule has 0 aliphatic heterocycles. The van der Waals surface area contributed by atoms with Crippen LogP contribution in [0.3, 0.4) is 0 Å². The number of fused-ring (bicyclic) bond motifs is 1. The van der Waals surface area contributed by atoms with Gasteiger partial charge in [0.05, 0.1) is 23.8 Å². The molecule has 23 heavy (non-hydrogen) atoms. The van der Waals surface area contributed by atoms with Crippen LogP contribution in [0.2, 0.25) is 0 Å². The summed E-state index contributed by atoms with van der Waals surface area (Å²) in [5.41, 5.74) is 1.27. The van der Waals surface area contributed by atoms with Gasteiger partial charge in [-0.1, -0.05) is 30.3 Å². The molecular formula is C16H11F3N2O2. The molecule has 0 spiro atoms. The van der Waals surface area contributed by atoms with E-state index in [0.717, 1.165) is 17.8 Å². The third-order valence-corrected chi connectivity index (χ3v) is 3.23. The van der Waals surface area contributed by atoms with Gasteiger partial charge in [-0.15, -0.1) is 13.2 Å². The van der Waals surface area contributed by atoms with E-state index in [2.05, 4.69) is 9.72 Å². The monoisotopic (exact) mass is 320 g/mol. The lowest BCUT2D eigenvalue weighted by molar-refractivity contribution is -0.274. The van der Waals surface area contributed by atoms with Crippen LogP contribution in [0.4, 0.5) is 13.2 Å². The van der Waals surface area contributed by atoms with E-state index in [0.29, 0.717) is 12.1 Å². The summed E-state index contributed by atoms with van der Waals surface area (Å²) in [4.78, 5) is 15.9. The molecule has 0 aliphatic rings. The Morgan fingerprint density at radius 2 is 1.83 bits per heavy atom. The molecule has 2 aromatic carbocycles. The molecule has 118 valence electrons. The van der Waals surface area contributed by atoms with E-state index in [1.165, 1.54) is 16.7 Å². The molecule has 1 heterocycles. The van der Waals surface area contributed by atoms with Gasteiger partial charge < -0.3 is 9.30 Å². The Morgan fingerprint density at radius 3 is 2.52 bits per heavy atom. The van der Waals surface area contributed by atoms with Crippen LogP contribution < -0.4 is 10.3 Å². The van der Waals surface area contributed by atoms with Crippen LogP contribution >= 0.6 is 0 Å². The molecule has 0 radical (unpaired) electrons. The fourth-order valence-corrected chi connectivity index (χ4v) is 2.27. The van der Waals surface area contributed by atoms with Gasteiger partial charge in [0.15, 0.2) is 0 Å². The van der Waals surface area contributed by atoms with E-state index in [1.807, 2.05) is 30.3 Å². The molecule has 4 nitrogen and oxygen atoms in total. The Bertz CT molecular complexity index is 889. The number of hydrogen-bond donors (Lipinski definition) is 0. The van der Waals surface area contributed by atoms with Crippen molar-refractivity contribution in [2.75, 3.05) is 0 Å². The molecule has 0 amide bonds. The predicted molar refractivity (Wildman–Crippen MR) is 78.2 cm³/mol. The minimum absolute atomic E-state index is 0.252. The first kappa shape index (κ1) is 15.1. The largest absolute Gasteiger partial charge is 0.573 e. The zero-order chi connectivity index (χ0) is 16.4. The van der Waals surface area contributed by atoms with Crippen LogP contribution in [0.25, 0.3) is 11.0 Å². The number of ether oxygens (including phenoxy) is 1. The summed E-state index contributed by atoms with van der Waals surface area (Å²) in [6.45, 7) is 0.304. The average molecular weight is 320 g/mol. The molecule has 0 N–H and O–H groups in total. The zero-order valence-electron chi connectivity index (χ0n) is 11.7. The van der Waals surface area contributed by atoms with Crippen molar-refractivity contribution in [2.24, 2.45) is 0 Å². The van der Waals surface area contributed by atoms with Gasteiger partial charge in [-0.25, -0.2) is 4.98 Å². The molecule has 0 aliphatic carbocycles. The molecule has 3 rings (SSSR count). The number of hydrogen-bond acceptors (Lipinski definition) is 3. The van der Waals surface area contributed by atoms with Gasteiger partial charge in [0.1, 0.15) is 5.75 Å². The van der Waals surface area contributed by atoms with E-state index in [9.17, 15) is 18.0 Å². The topological polar surface area (TPSA) is 44.1 Å². The minimum atomic E-state index is -4.77. The second-order valence-corrected chi connectivity index (χ2v) is 4.87. The highest BCUT2D eigenvalue weighted by Gasteiger charge is 2.31. The second kappa shape index (κ2) is 5.75. The summed E-state index contributed by atoms with van der Waals surface area (Å²) in [5, 5.41) is 0. The Balaban J connectivity index is 2.04. The SMILES string of the molecule is O=c1cnc2cc(OC(F)(F)F)ccc2n1Cc1ccccc1. The van der Waals surface area contributed by atoms with Crippen molar-refractivity contribution in [1.29, 1.82) is 0 Å². The van der Waals surface area contributed by atoms with Crippen LogP contribution in [-0.2, 0) is 6.54 Å². The van der Waals surface area contributed by atoms with Gasteiger partial charge >= 0.3 is 6.36 Å². The first-order valence-electron chi connectivity index (χ1n) is 6.72. The quantitative estimate of drug-likeness (QED) is 0.743. The highest BCUT2D eigenvalue weighted by atomic mass is 19.4. The Labute approximate surface area is 128 Å². The van der Waals surface area contributed by atoms with Crippen LogP contribution in [0.1, 0.15) is 5.56 Å². The fraction of sp³-hybridized carbons (Fsp3) is 0.125. The third kappa shape index (κ3) is 3.50. The minimum Gasteiger partial charge on any atom is -0.406 e. The van der Waals surface area contributed by atoms with Crippen LogP contribution in [0.15, 0.2) is 59.5 Å². The lowest BCUT2D eigenvalue weighted by Gasteiger charge is -2.12. The van der Waals surface area contributed by atoms with Crippen molar-refractivity contribution < 1.29 is 17.9 Å². The van der Waals surface area contributed by atoms with E-state index in [1.54, 1.807) is 0 Å². The fourth-order valence-electron chi connectivity index (χ4n) is 2.27. The molecule has 0 atom stereocenters. The summed E-state index contributed by atoms with van der Waals surface area (Å²) in [5.74, 6) is -0.373. The van der Waals surface area contributed by atoms with Gasteiger partial charge in [-0.05, 0) is 17.7 Å². The first-order valence-corrected chi connectivity index (χ1v) is 6.72. The van der Waals surface area contributed by atoms with Crippen LogP contribution in [0.5, 0.6) is 5.75 Å². The predicted octanol–water partition coefficient (Wildman–Crippen LogP) is 3.34. The van der Waals surface area contributed by atoms with Crippen molar-refractivity contribution in [3.8, 4) is 5.75 Å². The molecule has 0 unspecified atom stereocenters.